The van der Waals surface area contributed by atoms with Gasteiger partial charge in [-0.3, -0.25) is 0 Å². The van der Waals surface area contributed by atoms with Gasteiger partial charge in [-0.2, -0.15) is 0 Å². The van der Waals surface area contributed by atoms with Crippen molar-refractivity contribution in [3.63, 3.8) is 0 Å². The molecule has 60 valence electrons. The van der Waals surface area contributed by atoms with Crippen molar-refractivity contribution in [2.45, 2.75) is 20.3 Å². The zero-order valence-electron chi connectivity index (χ0n) is 6.62. The SMILES string of the molecule is CCc1ccc(C)c(F)c1F. The Morgan fingerprint density at radius 3 is 2.36 bits per heavy atom. The summed E-state index contributed by atoms with van der Waals surface area (Å²) in [6, 6.07) is 3.21. The summed E-state index contributed by atoms with van der Waals surface area (Å²) in [5, 5.41) is 0. The summed E-state index contributed by atoms with van der Waals surface area (Å²) in [7, 11) is 0. The van der Waals surface area contributed by atoms with Gasteiger partial charge in [0.2, 0.25) is 0 Å². The molecule has 0 aromatic heterocycles. The Morgan fingerprint density at radius 2 is 1.82 bits per heavy atom. The minimum Gasteiger partial charge on any atom is -0.203 e. The first-order valence-electron chi connectivity index (χ1n) is 3.60. The molecular weight excluding hydrogens is 146 g/mol. The molecule has 0 aliphatic heterocycles. The van der Waals surface area contributed by atoms with E-state index < -0.39 is 11.6 Å². The third-order valence-corrected chi connectivity index (χ3v) is 1.74. The van der Waals surface area contributed by atoms with Crippen molar-refractivity contribution >= 4 is 0 Å². The highest BCUT2D eigenvalue weighted by Gasteiger charge is 2.08. The molecular formula is C9H10F2. The van der Waals surface area contributed by atoms with Gasteiger partial charge < -0.3 is 0 Å². The van der Waals surface area contributed by atoms with Crippen LogP contribution in [0.25, 0.3) is 0 Å². The molecule has 0 aliphatic rings. The van der Waals surface area contributed by atoms with Crippen LogP contribution in [0.4, 0.5) is 8.78 Å². The number of hydrogen-bond donors (Lipinski definition) is 0. The number of halogens is 2. The lowest BCUT2D eigenvalue weighted by Gasteiger charge is -2.01. The molecule has 1 rings (SSSR count). The quantitative estimate of drug-likeness (QED) is 0.586. The normalized spacial score (nSPS) is 10.2. The Bertz CT molecular complexity index is 267. The average Bonchev–Trinajstić information content (AvgIpc) is 2.01. The largest absolute Gasteiger partial charge is 0.203 e. The second-order valence-corrected chi connectivity index (χ2v) is 2.52. The van der Waals surface area contributed by atoms with Crippen molar-refractivity contribution in [1.82, 2.24) is 0 Å². The Balaban J connectivity index is 3.25. The van der Waals surface area contributed by atoms with Crippen molar-refractivity contribution in [2.75, 3.05) is 0 Å². The van der Waals surface area contributed by atoms with E-state index in [4.69, 9.17) is 0 Å². The summed E-state index contributed by atoms with van der Waals surface area (Å²) >= 11 is 0. The lowest BCUT2D eigenvalue weighted by Crippen LogP contribution is -1.94. The summed E-state index contributed by atoms with van der Waals surface area (Å²) in [5.41, 5.74) is 0.799. The van der Waals surface area contributed by atoms with Crippen molar-refractivity contribution in [3.8, 4) is 0 Å². The van der Waals surface area contributed by atoms with Crippen molar-refractivity contribution in [1.29, 1.82) is 0 Å². The monoisotopic (exact) mass is 156 g/mol. The highest BCUT2D eigenvalue weighted by molar-refractivity contribution is 5.25. The van der Waals surface area contributed by atoms with Gasteiger partial charge in [-0.15, -0.1) is 0 Å². The molecule has 0 fully saturated rings. The van der Waals surface area contributed by atoms with Crippen LogP contribution in [-0.4, -0.2) is 0 Å². The number of aryl methyl sites for hydroxylation is 2. The fourth-order valence-corrected chi connectivity index (χ4v) is 0.959. The van der Waals surface area contributed by atoms with Gasteiger partial charge in [0.15, 0.2) is 11.6 Å². The van der Waals surface area contributed by atoms with Crippen LogP contribution in [0.1, 0.15) is 18.1 Å². The topological polar surface area (TPSA) is 0 Å². The zero-order valence-corrected chi connectivity index (χ0v) is 6.62. The van der Waals surface area contributed by atoms with Gasteiger partial charge in [0.1, 0.15) is 0 Å². The van der Waals surface area contributed by atoms with Crippen LogP contribution in [0.5, 0.6) is 0 Å². The predicted octanol–water partition coefficient (Wildman–Crippen LogP) is 2.84. The summed E-state index contributed by atoms with van der Waals surface area (Å²) < 4.78 is 25.7. The molecule has 0 atom stereocenters. The van der Waals surface area contributed by atoms with Gasteiger partial charge in [0.05, 0.1) is 0 Å². The first-order valence-corrected chi connectivity index (χ1v) is 3.60. The molecule has 11 heavy (non-hydrogen) atoms. The Hall–Kier alpha value is -0.920. The zero-order chi connectivity index (χ0) is 8.43. The molecule has 1 aromatic rings. The van der Waals surface area contributed by atoms with E-state index in [9.17, 15) is 8.78 Å². The molecule has 0 amide bonds. The fraction of sp³-hybridized carbons (Fsp3) is 0.333. The molecule has 0 saturated heterocycles. The van der Waals surface area contributed by atoms with Crippen LogP contribution in [0.15, 0.2) is 12.1 Å². The van der Waals surface area contributed by atoms with Gasteiger partial charge in [-0.25, -0.2) is 8.78 Å². The molecule has 0 spiro atoms. The Kier molecular flexibility index (Phi) is 2.22. The van der Waals surface area contributed by atoms with E-state index >= 15 is 0 Å². The maximum atomic E-state index is 12.9. The summed E-state index contributed by atoms with van der Waals surface area (Å²) in [4.78, 5) is 0. The summed E-state index contributed by atoms with van der Waals surface area (Å²) in [6.07, 6.45) is 0.531. The molecule has 2 heteroatoms. The molecule has 0 unspecified atom stereocenters. The maximum absolute atomic E-state index is 12.9. The van der Waals surface area contributed by atoms with Gasteiger partial charge in [-0.1, -0.05) is 19.1 Å². The van der Waals surface area contributed by atoms with E-state index in [0.717, 1.165) is 0 Å². The lowest BCUT2D eigenvalue weighted by atomic mass is 10.1. The van der Waals surface area contributed by atoms with Crippen LogP contribution >= 0.6 is 0 Å². The van der Waals surface area contributed by atoms with Gasteiger partial charge >= 0.3 is 0 Å². The Labute approximate surface area is 64.9 Å². The first kappa shape index (κ1) is 8.18. The van der Waals surface area contributed by atoms with Crippen LogP contribution < -0.4 is 0 Å². The standard InChI is InChI=1S/C9H10F2/c1-3-7-5-4-6(2)8(10)9(7)11/h4-5H,3H2,1-2H3. The second kappa shape index (κ2) is 2.99. The minimum absolute atomic E-state index is 0.361. The van der Waals surface area contributed by atoms with Crippen LogP contribution in [0.3, 0.4) is 0 Å². The molecule has 0 aliphatic carbocycles. The number of benzene rings is 1. The molecule has 0 radical (unpaired) electrons. The molecule has 1 aromatic carbocycles. The highest BCUT2D eigenvalue weighted by atomic mass is 19.2. The molecule has 0 heterocycles. The van der Waals surface area contributed by atoms with Crippen LogP contribution in [0.2, 0.25) is 0 Å². The van der Waals surface area contributed by atoms with E-state index in [-0.39, 0.29) is 0 Å². The number of hydrogen-bond acceptors (Lipinski definition) is 0. The maximum Gasteiger partial charge on any atom is 0.162 e. The van der Waals surface area contributed by atoms with Crippen LogP contribution in [-0.2, 0) is 6.42 Å². The van der Waals surface area contributed by atoms with E-state index in [0.29, 0.717) is 17.5 Å². The summed E-state index contributed by atoms with van der Waals surface area (Å²) in [5.74, 6) is -1.42. The molecule has 0 saturated carbocycles. The van der Waals surface area contributed by atoms with E-state index in [1.807, 2.05) is 0 Å². The van der Waals surface area contributed by atoms with E-state index in [2.05, 4.69) is 0 Å². The van der Waals surface area contributed by atoms with Gasteiger partial charge in [0, 0.05) is 0 Å². The smallest absolute Gasteiger partial charge is 0.162 e. The van der Waals surface area contributed by atoms with Crippen molar-refractivity contribution in [3.05, 3.63) is 34.9 Å². The van der Waals surface area contributed by atoms with E-state index in [1.54, 1.807) is 26.0 Å². The highest BCUT2D eigenvalue weighted by Crippen LogP contribution is 2.15. The number of rotatable bonds is 1. The minimum atomic E-state index is -0.718. The molecule has 0 nitrogen and oxygen atoms in total. The molecule has 0 N–H and O–H groups in total. The van der Waals surface area contributed by atoms with Crippen LogP contribution in [0, 0.1) is 18.6 Å². The fourth-order valence-electron chi connectivity index (χ4n) is 0.959. The van der Waals surface area contributed by atoms with Crippen molar-refractivity contribution in [2.24, 2.45) is 0 Å². The lowest BCUT2D eigenvalue weighted by molar-refractivity contribution is 0.494. The predicted molar refractivity (Wildman–Crippen MR) is 40.5 cm³/mol. The van der Waals surface area contributed by atoms with Gasteiger partial charge in [-0.05, 0) is 24.5 Å². The average molecular weight is 156 g/mol. The third kappa shape index (κ3) is 1.39. The second-order valence-electron chi connectivity index (χ2n) is 2.52. The third-order valence-electron chi connectivity index (χ3n) is 1.74. The molecule has 0 bridgehead atoms. The Morgan fingerprint density at radius 1 is 1.18 bits per heavy atom. The van der Waals surface area contributed by atoms with Gasteiger partial charge in [0.25, 0.3) is 0 Å². The van der Waals surface area contributed by atoms with Crippen molar-refractivity contribution < 1.29 is 8.78 Å². The first-order chi connectivity index (χ1) is 5.16. The summed E-state index contributed by atoms with van der Waals surface area (Å²) in [6.45, 7) is 3.35. The van der Waals surface area contributed by atoms with E-state index in [1.165, 1.54) is 0 Å².